The van der Waals surface area contributed by atoms with E-state index in [0.717, 1.165) is 28.0 Å². The molecule has 1 aliphatic rings. The number of hydrogen-bond acceptors (Lipinski definition) is 4. The monoisotopic (exact) mass is 447 g/mol. The number of alkyl halides is 3. The minimum Gasteiger partial charge on any atom is -0.352 e. The lowest BCUT2D eigenvalue weighted by molar-refractivity contribution is -0.137. The third kappa shape index (κ3) is 4.79. The van der Waals surface area contributed by atoms with Crippen molar-refractivity contribution in [2.24, 2.45) is 0 Å². The molecule has 0 radical (unpaired) electrons. The summed E-state index contributed by atoms with van der Waals surface area (Å²) in [4.78, 5) is 51.8. The van der Waals surface area contributed by atoms with Gasteiger partial charge in [0.2, 0.25) is 11.8 Å². The second-order valence-electron chi connectivity index (χ2n) is 7.49. The minimum absolute atomic E-state index is 0.133. The van der Waals surface area contributed by atoms with Crippen LogP contribution in [0, 0.1) is 0 Å². The number of Topliss-reactive ketones (excluding diaryl/α,β-unsaturated/α-hetero) is 1. The summed E-state index contributed by atoms with van der Waals surface area (Å²) in [6.45, 7) is 2.21. The van der Waals surface area contributed by atoms with E-state index < -0.39 is 48.3 Å². The normalized spacial score (nSPS) is 13.4. The molecule has 0 saturated heterocycles. The molecule has 0 spiro atoms. The maximum Gasteiger partial charge on any atom is 0.416 e. The van der Waals surface area contributed by atoms with Gasteiger partial charge in [0, 0.05) is 11.7 Å². The summed E-state index contributed by atoms with van der Waals surface area (Å²) in [5.74, 6) is -3.11. The summed E-state index contributed by atoms with van der Waals surface area (Å²) in [7, 11) is 0. The summed E-state index contributed by atoms with van der Waals surface area (Å²) in [5, 5.41) is 2.58. The molecule has 0 saturated carbocycles. The SMILES string of the molecule is CC(C)NC(=O)CN(C(=O)CN1C(=O)C(=O)c2ccccc21)c1cccc(C(F)(F)F)c1. The van der Waals surface area contributed by atoms with Crippen molar-refractivity contribution in [1.82, 2.24) is 5.32 Å². The molecule has 3 amide bonds. The molecule has 32 heavy (non-hydrogen) atoms. The number of amides is 3. The van der Waals surface area contributed by atoms with Gasteiger partial charge in [0.1, 0.15) is 13.1 Å². The van der Waals surface area contributed by atoms with Crippen molar-refractivity contribution < 1.29 is 32.3 Å². The van der Waals surface area contributed by atoms with Crippen LogP contribution in [0.2, 0.25) is 0 Å². The van der Waals surface area contributed by atoms with Gasteiger partial charge in [-0.2, -0.15) is 13.2 Å². The number of nitrogens with one attached hydrogen (secondary N) is 1. The van der Waals surface area contributed by atoms with E-state index in [0.29, 0.717) is 0 Å². The first-order chi connectivity index (χ1) is 15.0. The number of benzene rings is 2. The molecule has 0 unspecified atom stereocenters. The van der Waals surface area contributed by atoms with Crippen LogP contribution in [-0.2, 0) is 20.6 Å². The first-order valence-corrected chi connectivity index (χ1v) is 9.71. The molecule has 0 aromatic heterocycles. The van der Waals surface area contributed by atoms with Crippen molar-refractivity contribution in [2.75, 3.05) is 22.9 Å². The summed E-state index contributed by atoms with van der Waals surface area (Å²) in [6, 6.07) is 9.82. The number of hydrogen-bond donors (Lipinski definition) is 1. The topological polar surface area (TPSA) is 86.8 Å². The number of carbonyl (C=O) groups is 4. The van der Waals surface area contributed by atoms with Gasteiger partial charge in [-0.1, -0.05) is 18.2 Å². The number of fused-ring (bicyclic) bond motifs is 1. The molecular weight excluding hydrogens is 427 g/mol. The Morgan fingerprint density at radius 1 is 1.06 bits per heavy atom. The Labute approximate surface area is 181 Å². The summed E-state index contributed by atoms with van der Waals surface area (Å²) < 4.78 is 39.5. The zero-order valence-corrected chi connectivity index (χ0v) is 17.3. The van der Waals surface area contributed by atoms with Crippen LogP contribution in [0.15, 0.2) is 48.5 Å². The highest BCUT2D eigenvalue weighted by atomic mass is 19.4. The van der Waals surface area contributed by atoms with Crippen LogP contribution in [0.1, 0.15) is 29.8 Å². The Hall–Kier alpha value is -3.69. The number of para-hydroxylation sites is 1. The maximum atomic E-state index is 13.2. The molecular formula is C22H20F3N3O4. The van der Waals surface area contributed by atoms with E-state index in [1.165, 1.54) is 18.2 Å². The van der Waals surface area contributed by atoms with Crippen molar-refractivity contribution in [2.45, 2.75) is 26.1 Å². The number of anilines is 2. The minimum atomic E-state index is -4.65. The fourth-order valence-corrected chi connectivity index (χ4v) is 3.31. The van der Waals surface area contributed by atoms with Crippen LogP contribution < -0.4 is 15.1 Å². The van der Waals surface area contributed by atoms with E-state index in [9.17, 15) is 32.3 Å². The van der Waals surface area contributed by atoms with Crippen molar-refractivity contribution in [3.05, 3.63) is 59.7 Å². The molecule has 1 aliphatic heterocycles. The molecule has 10 heteroatoms. The largest absolute Gasteiger partial charge is 0.416 e. The fraction of sp³-hybridized carbons (Fsp3) is 0.273. The van der Waals surface area contributed by atoms with E-state index in [2.05, 4.69) is 5.32 Å². The van der Waals surface area contributed by atoms with Crippen molar-refractivity contribution in [3.63, 3.8) is 0 Å². The van der Waals surface area contributed by atoms with Crippen molar-refractivity contribution in [1.29, 1.82) is 0 Å². The predicted octanol–water partition coefficient (Wildman–Crippen LogP) is 2.79. The molecule has 1 heterocycles. The molecule has 168 valence electrons. The van der Waals surface area contributed by atoms with Gasteiger partial charge < -0.3 is 10.2 Å². The molecule has 0 atom stereocenters. The third-order valence-electron chi connectivity index (χ3n) is 4.71. The molecule has 1 N–H and O–H groups in total. The number of carbonyl (C=O) groups excluding carboxylic acids is 4. The zero-order chi connectivity index (χ0) is 23.6. The highest BCUT2D eigenvalue weighted by molar-refractivity contribution is 6.52. The lowest BCUT2D eigenvalue weighted by Crippen LogP contribution is -2.47. The molecule has 0 bridgehead atoms. The molecule has 2 aromatic rings. The smallest absolute Gasteiger partial charge is 0.352 e. The Morgan fingerprint density at radius 2 is 1.75 bits per heavy atom. The van der Waals surface area contributed by atoms with Crippen LogP contribution in [0.4, 0.5) is 24.5 Å². The highest BCUT2D eigenvalue weighted by Crippen LogP contribution is 2.32. The molecule has 0 fully saturated rings. The van der Waals surface area contributed by atoms with Gasteiger partial charge in [0.05, 0.1) is 16.8 Å². The van der Waals surface area contributed by atoms with Gasteiger partial charge in [-0.25, -0.2) is 0 Å². The molecule has 7 nitrogen and oxygen atoms in total. The average Bonchev–Trinajstić information content (AvgIpc) is 2.96. The van der Waals surface area contributed by atoms with Gasteiger partial charge in [-0.3, -0.25) is 24.1 Å². The first kappa shape index (κ1) is 23.0. The second kappa shape index (κ2) is 8.81. The van der Waals surface area contributed by atoms with Crippen LogP contribution in [0.5, 0.6) is 0 Å². The van der Waals surface area contributed by atoms with Gasteiger partial charge in [0.15, 0.2) is 0 Å². The molecule has 2 aromatic carbocycles. The van der Waals surface area contributed by atoms with E-state index >= 15 is 0 Å². The standard InChI is InChI=1S/C22H20F3N3O4/c1-13(2)26-18(29)11-27(15-7-5-6-14(10-15)22(23,24)25)19(30)12-28-17-9-4-3-8-16(17)20(31)21(28)32/h3-10,13H,11-12H2,1-2H3,(H,26,29). The predicted molar refractivity (Wildman–Crippen MR) is 110 cm³/mol. The van der Waals surface area contributed by atoms with E-state index in [1.807, 2.05) is 0 Å². The van der Waals surface area contributed by atoms with Crippen LogP contribution in [0.3, 0.4) is 0 Å². The number of halogens is 3. The van der Waals surface area contributed by atoms with Gasteiger partial charge in [0.25, 0.3) is 11.7 Å². The molecule has 0 aliphatic carbocycles. The third-order valence-corrected chi connectivity index (χ3v) is 4.71. The van der Waals surface area contributed by atoms with Crippen LogP contribution in [0.25, 0.3) is 0 Å². The molecule has 3 rings (SSSR count). The maximum absolute atomic E-state index is 13.2. The lowest BCUT2D eigenvalue weighted by atomic mass is 10.1. The van der Waals surface area contributed by atoms with Crippen LogP contribution in [-0.4, -0.2) is 42.6 Å². The number of rotatable bonds is 6. The fourth-order valence-electron chi connectivity index (χ4n) is 3.31. The Morgan fingerprint density at radius 3 is 2.41 bits per heavy atom. The van der Waals surface area contributed by atoms with Crippen molar-refractivity contribution in [3.8, 4) is 0 Å². The summed E-state index contributed by atoms with van der Waals surface area (Å²) >= 11 is 0. The Balaban J connectivity index is 1.93. The van der Waals surface area contributed by atoms with Gasteiger partial charge in [-0.15, -0.1) is 0 Å². The quantitative estimate of drug-likeness (QED) is 0.690. The summed E-state index contributed by atoms with van der Waals surface area (Å²) in [6.07, 6.45) is -4.65. The Bertz CT molecular complexity index is 1080. The van der Waals surface area contributed by atoms with Gasteiger partial charge >= 0.3 is 6.18 Å². The highest BCUT2D eigenvalue weighted by Gasteiger charge is 2.38. The van der Waals surface area contributed by atoms with Crippen LogP contribution >= 0.6 is 0 Å². The van der Waals surface area contributed by atoms with Crippen molar-refractivity contribution >= 4 is 34.9 Å². The lowest BCUT2D eigenvalue weighted by Gasteiger charge is -2.26. The number of ketones is 1. The number of nitrogens with zero attached hydrogens (tertiary/aromatic N) is 2. The second-order valence-corrected chi connectivity index (χ2v) is 7.49. The summed E-state index contributed by atoms with van der Waals surface area (Å²) in [5.41, 5.74) is -0.787. The van der Waals surface area contributed by atoms with E-state index in [1.54, 1.807) is 26.0 Å². The van der Waals surface area contributed by atoms with Gasteiger partial charge in [-0.05, 0) is 44.2 Å². The van der Waals surface area contributed by atoms with E-state index in [-0.39, 0.29) is 23.0 Å². The zero-order valence-electron chi connectivity index (χ0n) is 17.3. The first-order valence-electron chi connectivity index (χ1n) is 9.71. The Kier molecular flexibility index (Phi) is 6.33. The van der Waals surface area contributed by atoms with E-state index in [4.69, 9.17) is 0 Å². The average molecular weight is 447 g/mol.